The highest BCUT2D eigenvalue weighted by molar-refractivity contribution is 5.13. The van der Waals surface area contributed by atoms with Crippen molar-refractivity contribution in [3.05, 3.63) is 69.0 Å². The lowest BCUT2D eigenvalue weighted by Crippen LogP contribution is -2.40. The van der Waals surface area contributed by atoms with Crippen LogP contribution in [0.1, 0.15) is 24.6 Å². The highest BCUT2D eigenvalue weighted by Gasteiger charge is 2.41. The average Bonchev–Trinajstić information content (AvgIpc) is 3.00. The molecule has 1 aliphatic rings. The SMILES string of the molecule is COCC1(COCc2ccccc2)CCC(n2ccc(=O)[nH]c2=O)O1. The molecule has 1 aliphatic heterocycles. The van der Waals surface area contributed by atoms with Crippen molar-refractivity contribution in [2.75, 3.05) is 20.3 Å². The van der Waals surface area contributed by atoms with Crippen LogP contribution in [0.3, 0.4) is 0 Å². The van der Waals surface area contributed by atoms with Crippen LogP contribution in [0.15, 0.2) is 52.2 Å². The number of benzene rings is 1. The van der Waals surface area contributed by atoms with Crippen LogP contribution >= 0.6 is 0 Å². The Hall–Kier alpha value is -2.22. The Morgan fingerprint density at radius 3 is 2.76 bits per heavy atom. The molecule has 134 valence electrons. The maximum absolute atomic E-state index is 12.0. The van der Waals surface area contributed by atoms with Crippen LogP contribution < -0.4 is 11.2 Å². The monoisotopic (exact) mass is 346 g/mol. The summed E-state index contributed by atoms with van der Waals surface area (Å²) in [6, 6.07) is 11.2. The molecule has 7 heteroatoms. The van der Waals surface area contributed by atoms with Gasteiger partial charge in [-0.3, -0.25) is 14.3 Å². The van der Waals surface area contributed by atoms with Crippen molar-refractivity contribution in [3.8, 4) is 0 Å². The van der Waals surface area contributed by atoms with Crippen LogP contribution in [0.2, 0.25) is 0 Å². The van der Waals surface area contributed by atoms with Gasteiger partial charge in [-0.25, -0.2) is 4.79 Å². The van der Waals surface area contributed by atoms with Crippen molar-refractivity contribution in [1.82, 2.24) is 9.55 Å². The fourth-order valence-electron chi connectivity index (χ4n) is 3.09. The minimum atomic E-state index is -0.607. The van der Waals surface area contributed by atoms with Crippen LogP contribution in [0.25, 0.3) is 0 Å². The molecule has 2 atom stereocenters. The maximum Gasteiger partial charge on any atom is 0.330 e. The molecule has 0 amide bonds. The van der Waals surface area contributed by atoms with E-state index in [9.17, 15) is 9.59 Å². The van der Waals surface area contributed by atoms with Gasteiger partial charge < -0.3 is 14.2 Å². The number of hydrogen-bond acceptors (Lipinski definition) is 5. The fraction of sp³-hybridized carbons (Fsp3) is 0.444. The van der Waals surface area contributed by atoms with Gasteiger partial charge in [-0.15, -0.1) is 0 Å². The second kappa shape index (κ2) is 7.77. The molecule has 1 saturated heterocycles. The summed E-state index contributed by atoms with van der Waals surface area (Å²) in [5, 5.41) is 0. The first-order valence-electron chi connectivity index (χ1n) is 8.22. The predicted octanol–water partition coefficient (Wildman–Crippen LogP) is 1.45. The van der Waals surface area contributed by atoms with Crippen LogP contribution in [-0.4, -0.2) is 35.5 Å². The quantitative estimate of drug-likeness (QED) is 0.820. The van der Waals surface area contributed by atoms with E-state index < -0.39 is 23.1 Å². The summed E-state index contributed by atoms with van der Waals surface area (Å²) in [7, 11) is 1.61. The standard InChI is InChI=1S/C18H22N2O5/c1-23-12-18(13-24-11-14-5-3-2-4-6-14)9-7-16(25-18)20-10-8-15(21)19-17(20)22/h2-6,8,10,16H,7,9,11-13H2,1H3,(H,19,21,22). The van der Waals surface area contributed by atoms with E-state index in [1.54, 1.807) is 7.11 Å². The highest BCUT2D eigenvalue weighted by atomic mass is 16.6. The maximum atomic E-state index is 12.0. The van der Waals surface area contributed by atoms with Gasteiger partial charge in [0.15, 0.2) is 0 Å². The molecule has 3 rings (SSSR count). The molecule has 0 saturated carbocycles. The number of aromatic nitrogens is 2. The van der Waals surface area contributed by atoms with Gasteiger partial charge in [-0.05, 0) is 18.4 Å². The molecule has 1 aromatic carbocycles. The first-order chi connectivity index (χ1) is 12.1. The smallest absolute Gasteiger partial charge is 0.330 e. The van der Waals surface area contributed by atoms with Gasteiger partial charge in [0.2, 0.25) is 0 Å². The summed E-state index contributed by atoms with van der Waals surface area (Å²) in [5.74, 6) is 0. The molecule has 2 heterocycles. The van der Waals surface area contributed by atoms with Gasteiger partial charge in [-0.1, -0.05) is 30.3 Å². The average molecular weight is 346 g/mol. The molecular weight excluding hydrogens is 324 g/mol. The lowest BCUT2D eigenvalue weighted by molar-refractivity contribution is -0.142. The van der Waals surface area contributed by atoms with Crippen molar-refractivity contribution in [2.45, 2.75) is 31.3 Å². The summed E-state index contributed by atoms with van der Waals surface area (Å²) in [6.07, 6.45) is 2.36. The molecule has 7 nitrogen and oxygen atoms in total. The molecule has 2 aromatic rings. The van der Waals surface area contributed by atoms with E-state index >= 15 is 0 Å². The van der Waals surface area contributed by atoms with Gasteiger partial charge in [0.25, 0.3) is 5.56 Å². The Bertz CT molecular complexity index is 801. The Labute approximate surface area is 145 Å². The number of rotatable bonds is 7. The normalized spacial score (nSPS) is 23.0. The molecule has 1 N–H and O–H groups in total. The van der Waals surface area contributed by atoms with Gasteiger partial charge in [0.05, 0.1) is 19.8 Å². The van der Waals surface area contributed by atoms with Crippen molar-refractivity contribution in [2.24, 2.45) is 0 Å². The van der Waals surface area contributed by atoms with Crippen molar-refractivity contribution in [1.29, 1.82) is 0 Å². The van der Waals surface area contributed by atoms with E-state index in [0.717, 1.165) is 5.56 Å². The summed E-state index contributed by atoms with van der Waals surface area (Å²) in [5.41, 5.74) is -0.421. The number of nitrogens with zero attached hydrogens (tertiary/aromatic N) is 1. The Balaban J connectivity index is 1.66. The minimum absolute atomic E-state index is 0.365. The summed E-state index contributed by atoms with van der Waals surface area (Å²) in [6.45, 7) is 1.22. The van der Waals surface area contributed by atoms with Crippen molar-refractivity contribution in [3.63, 3.8) is 0 Å². The van der Waals surface area contributed by atoms with Crippen LogP contribution in [0.4, 0.5) is 0 Å². The lowest BCUT2D eigenvalue weighted by Gasteiger charge is -2.28. The molecule has 0 aliphatic carbocycles. The number of hydrogen-bond donors (Lipinski definition) is 1. The van der Waals surface area contributed by atoms with Crippen LogP contribution in [-0.2, 0) is 20.8 Å². The van der Waals surface area contributed by atoms with E-state index in [-0.39, 0.29) is 0 Å². The third-order valence-corrected chi connectivity index (χ3v) is 4.28. The number of ether oxygens (including phenoxy) is 3. The van der Waals surface area contributed by atoms with Gasteiger partial charge >= 0.3 is 5.69 Å². The number of H-pyrrole nitrogens is 1. The molecule has 0 bridgehead atoms. The van der Waals surface area contributed by atoms with E-state index in [2.05, 4.69) is 4.98 Å². The lowest BCUT2D eigenvalue weighted by atomic mass is 10.0. The first kappa shape index (κ1) is 17.6. The largest absolute Gasteiger partial charge is 0.382 e. The molecule has 25 heavy (non-hydrogen) atoms. The van der Waals surface area contributed by atoms with Crippen LogP contribution in [0.5, 0.6) is 0 Å². The molecule has 0 spiro atoms. The second-order valence-corrected chi connectivity index (χ2v) is 6.22. The van der Waals surface area contributed by atoms with Crippen molar-refractivity contribution < 1.29 is 14.2 Å². The molecule has 2 unspecified atom stereocenters. The zero-order valence-corrected chi connectivity index (χ0v) is 14.1. The zero-order valence-electron chi connectivity index (χ0n) is 14.1. The Morgan fingerprint density at radius 1 is 1.24 bits per heavy atom. The summed E-state index contributed by atoms with van der Waals surface area (Å²) < 4.78 is 18.7. The molecule has 1 aromatic heterocycles. The van der Waals surface area contributed by atoms with Gasteiger partial charge in [0.1, 0.15) is 11.8 Å². The highest BCUT2D eigenvalue weighted by Crippen LogP contribution is 2.36. The third-order valence-electron chi connectivity index (χ3n) is 4.28. The number of nitrogens with one attached hydrogen (secondary N) is 1. The Morgan fingerprint density at radius 2 is 2.04 bits per heavy atom. The number of aromatic amines is 1. The molecule has 1 fully saturated rings. The zero-order chi connectivity index (χ0) is 17.7. The van der Waals surface area contributed by atoms with Crippen molar-refractivity contribution >= 4 is 0 Å². The first-order valence-corrected chi connectivity index (χ1v) is 8.22. The number of methoxy groups -OCH3 is 1. The van der Waals surface area contributed by atoms with E-state index in [4.69, 9.17) is 14.2 Å². The van der Waals surface area contributed by atoms with E-state index in [0.29, 0.717) is 32.7 Å². The van der Waals surface area contributed by atoms with Gasteiger partial charge in [-0.2, -0.15) is 0 Å². The fourth-order valence-corrected chi connectivity index (χ4v) is 3.09. The molecular formula is C18H22N2O5. The van der Waals surface area contributed by atoms with Crippen LogP contribution in [0, 0.1) is 0 Å². The van der Waals surface area contributed by atoms with E-state index in [1.807, 2.05) is 30.3 Å². The third kappa shape index (κ3) is 4.25. The second-order valence-electron chi connectivity index (χ2n) is 6.22. The topological polar surface area (TPSA) is 82.5 Å². The minimum Gasteiger partial charge on any atom is -0.382 e. The van der Waals surface area contributed by atoms with Gasteiger partial charge in [0, 0.05) is 19.4 Å². The summed E-state index contributed by atoms with van der Waals surface area (Å²) in [4.78, 5) is 25.4. The molecule has 0 radical (unpaired) electrons. The summed E-state index contributed by atoms with van der Waals surface area (Å²) >= 11 is 0. The Kier molecular flexibility index (Phi) is 5.47. The van der Waals surface area contributed by atoms with E-state index in [1.165, 1.54) is 16.8 Å². The predicted molar refractivity (Wildman–Crippen MR) is 91.4 cm³/mol.